The van der Waals surface area contributed by atoms with Crippen molar-refractivity contribution in [2.75, 3.05) is 5.88 Å². The highest BCUT2D eigenvalue weighted by molar-refractivity contribution is 6.19. The Bertz CT molecular complexity index is 361. The molecule has 2 heteroatoms. The van der Waals surface area contributed by atoms with Gasteiger partial charge in [-0.05, 0) is 24.1 Å². The lowest BCUT2D eigenvalue weighted by Crippen LogP contribution is -1.85. The molecule has 0 aliphatic heterocycles. The molecule has 0 aliphatic carbocycles. The molecule has 1 rings (SSSR count). The third-order valence-electron chi connectivity index (χ3n) is 1.88. The molecule has 13 heavy (non-hydrogen) atoms. The van der Waals surface area contributed by atoms with Gasteiger partial charge in [-0.3, -0.25) is 0 Å². The fourth-order valence-corrected chi connectivity index (χ4v) is 1.22. The van der Waals surface area contributed by atoms with Gasteiger partial charge in [-0.15, -0.1) is 11.6 Å². The summed E-state index contributed by atoms with van der Waals surface area (Å²) in [6.07, 6.45) is 3.80. The van der Waals surface area contributed by atoms with Crippen molar-refractivity contribution < 1.29 is 0 Å². The highest BCUT2D eigenvalue weighted by atomic mass is 35.5. The number of alkyl halides is 1. The van der Waals surface area contributed by atoms with Gasteiger partial charge >= 0.3 is 0 Å². The minimum Gasteiger partial charge on any atom is -0.192 e. The third-order valence-corrected chi connectivity index (χ3v) is 2.06. The van der Waals surface area contributed by atoms with Crippen LogP contribution >= 0.6 is 11.6 Å². The van der Waals surface area contributed by atoms with E-state index in [0.717, 1.165) is 16.7 Å². The first-order valence-corrected chi connectivity index (χ1v) is 4.55. The normalized spacial score (nSPS) is 10.2. The molecule has 0 saturated carbocycles. The van der Waals surface area contributed by atoms with Gasteiger partial charge < -0.3 is 0 Å². The summed E-state index contributed by atoms with van der Waals surface area (Å²) in [6.45, 7) is 1.94. The Kier molecular flexibility index (Phi) is 3.54. The molecule has 1 nitrogen and oxygen atoms in total. The number of nitrogens with zero attached hydrogens (tertiary/aromatic N) is 1. The topological polar surface area (TPSA) is 23.8 Å². The Morgan fingerprint density at radius 3 is 2.92 bits per heavy atom. The Balaban J connectivity index is 3.10. The lowest BCUT2D eigenvalue weighted by Gasteiger charge is -2.00. The summed E-state index contributed by atoms with van der Waals surface area (Å²) in [6, 6.07) is 7.80. The first kappa shape index (κ1) is 9.83. The van der Waals surface area contributed by atoms with Crippen LogP contribution in [0, 0.1) is 18.3 Å². The monoisotopic (exact) mass is 191 g/mol. The van der Waals surface area contributed by atoms with Crippen LogP contribution < -0.4 is 0 Å². The highest BCUT2D eigenvalue weighted by Gasteiger charge is 1.98. The predicted octanol–water partition coefficient (Wildman–Crippen LogP) is 3.12. The van der Waals surface area contributed by atoms with Gasteiger partial charge in [0.15, 0.2) is 0 Å². The number of halogens is 1. The average molecular weight is 192 g/mol. The van der Waals surface area contributed by atoms with Crippen molar-refractivity contribution in [3.05, 3.63) is 41.0 Å². The number of hydrogen-bond acceptors (Lipinski definition) is 1. The van der Waals surface area contributed by atoms with Crippen molar-refractivity contribution in [2.45, 2.75) is 6.92 Å². The van der Waals surface area contributed by atoms with Crippen LogP contribution in [0.4, 0.5) is 0 Å². The van der Waals surface area contributed by atoms with Crippen molar-refractivity contribution in [2.24, 2.45) is 0 Å². The highest BCUT2D eigenvalue weighted by Crippen LogP contribution is 2.14. The zero-order valence-electron chi connectivity index (χ0n) is 7.42. The molecule has 0 spiro atoms. The summed E-state index contributed by atoms with van der Waals surface area (Å²) in [5.74, 6) is 0.496. The number of hydrogen-bond donors (Lipinski definition) is 0. The fourth-order valence-electron chi connectivity index (χ4n) is 1.13. The van der Waals surface area contributed by atoms with Crippen LogP contribution in [0.3, 0.4) is 0 Å². The zero-order valence-corrected chi connectivity index (χ0v) is 8.17. The lowest BCUT2D eigenvalue weighted by atomic mass is 10.0. The van der Waals surface area contributed by atoms with E-state index in [0.29, 0.717) is 5.88 Å². The fraction of sp³-hybridized carbons (Fsp3) is 0.182. The molecule has 0 amide bonds. The Morgan fingerprint density at radius 2 is 2.31 bits per heavy atom. The van der Waals surface area contributed by atoms with Crippen molar-refractivity contribution in [3.8, 4) is 6.07 Å². The van der Waals surface area contributed by atoms with E-state index in [4.69, 9.17) is 16.9 Å². The second-order valence-electron chi connectivity index (χ2n) is 2.69. The standard InChI is InChI=1S/C11H10ClN/c1-9-10(6-3-7-12)4-2-5-11(9)8-13/h2-6H,7H2,1H3. The second kappa shape index (κ2) is 4.69. The molecule has 0 unspecified atom stereocenters. The molecule has 0 N–H and O–H groups in total. The van der Waals surface area contributed by atoms with Crippen molar-refractivity contribution >= 4 is 17.7 Å². The molecule has 0 heterocycles. The van der Waals surface area contributed by atoms with Gasteiger partial charge in [0.1, 0.15) is 0 Å². The molecule has 0 radical (unpaired) electrons. The van der Waals surface area contributed by atoms with Crippen LogP contribution in [0.2, 0.25) is 0 Å². The Labute approximate surface area is 83.3 Å². The maximum atomic E-state index is 8.77. The SMILES string of the molecule is Cc1c(C#N)cccc1C=CCCl. The van der Waals surface area contributed by atoms with Crippen LogP contribution in [0.1, 0.15) is 16.7 Å². The van der Waals surface area contributed by atoms with Gasteiger partial charge in [0, 0.05) is 5.88 Å². The van der Waals surface area contributed by atoms with E-state index >= 15 is 0 Å². The molecular weight excluding hydrogens is 182 g/mol. The van der Waals surface area contributed by atoms with E-state index < -0.39 is 0 Å². The maximum Gasteiger partial charge on any atom is 0.0994 e. The minimum absolute atomic E-state index is 0.496. The van der Waals surface area contributed by atoms with E-state index in [9.17, 15) is 0 Å². The first-order valence-electron chi connectivity index (χ1n) is 4.02. The van der Waals surface area contributed by atoms with Gasteiger partial charge in [0.05, 0.1) is 11.6 Å². The summed E-state index contributed by atoms with van der Waals surface area (Å²) in [5, 5.41) is 8.77. The second-order valence-corrected chi connectivity index (χ2v) is 3.00. The van der Waals surface area contributed by atoms with Gasteiger partial charge in [-0.1, -0.05) is 24.3 Å². The maximum absolute atomic E-state index is 8.77. The molecule has 1 aromatic rings. The largest absolute Gasteiger partial charge is 0.192 e. The molecule has 66 valence electrons. The van der Waals surface area contributed by atoms with Crippen molar-refractivity contribution in [1.82, 2.24) is 0 Å². The Hall–Kier alpha value is -1.26. The third kappa shape index (κ3) is 2.34. The molecule has 1 aromatic carbocycles. The van der Waals surface area contributed by atoms with Crippen LogP contribution in [0.15, 0.2) is 24.3 Å². The molecule has 0 aliphatic rings. The first-order chi connectivity index (χ1) is 6.29. The average Bonchev–Trinajstić information content (AvgIpc) is 2.16. The molecule has 0 saturated heterocycles. The van der Waals surface area contributed by atoms with Gasteiger partial charge in [-0.2, -0.15) is 5.26 Å². The van der Waals surface area contributed by atoms with Gasteiger partial charge in [0.25, 0.3) is 0 Å². The predicted molar refractivity (Wildman–Crippen MR) is 55.6 cm³/mol. The van der Waals surface area contributed by atoms with Crippen LogP contribution in [0.5, 0.6) is 0 Å². The molecular formula is C11H10ClN. The van der Waals surface area contributed by atoms with E-state index in [1.54, 1.807) is 0 Å². The van der Waals surface area contributed by atoms with Crippen LogP contribution in [-0.4, -0.2) is 5.88 Å². The lowest BCUT2D eigenvalue weighted by molar-refractivity contribution is 1.37. The van der Waals surface area contributed by atoms with Crippen LogP contribution in [0.25, 0.3) is 6.08 Å². The molecule has 0 atom stereocenters. The molecule has 0 fully saturated rings. The quantitative estimate of drug-likeness (QED) is 0.659. The zero-order chi connectivity index (χ0) is 9.68. The summed E-state index contributed by atoms with van der Waals surface area (Å²) in [7, 11) is 0. The molecule has 0 aromatic heterocycles. The summed E-state index contributed by atoms with van der Waals surface area (Å²) in [5.41, 5.74) is 2.78. The molecule has 0 bridgehead atoms. The summed E-state index contributed by atoms with van der Waals surface area (Å²) >= 11 is 5.53. The summed E-state index contributed by atoms with van der Waals surface area (Å²) in [4.78, 5) is 0. The van der Waals surface area contributed by atoms with E-state index in [1.807, 2.05) is 37.3 Å². The van der Waals surface area contributed by atoms with E-state index in [1.165, 1.54) is 0 Å². The smallest absolute Gasteiger partial charge is 0.0994 e. The van der Waals surface area contributed by atoms with Crippen molar-refractivity contribution in [3.63, 3.8) is 0 Å². The number of allylic oxidation sites excluding steroid dienone is 1. The Morgan fingerprint density at radius 1 is 1.54 bits per heavy atom. The number of benzene rings is 1. The van der Waals surface area contributed by atoms with Gasteiger partial charge in [-0.25, -0.2) is 0 Å². The summed E-state index contributed by atoms with van der Waals surface area (Å²) < 4.78 is 0. The van der Waals surface area contributed by atoms with Crippen molar-refractivity contribution in [1.29, 1.82) is 5.26 Å². The number of rotatable bonds is 2. The van der Waals surface area contributed by atoms with Gasteiger partial charge in [0.2, 0.25) is 0 Å². The van der Waals surface area contributed by atoms with E-state index in [-0.39, 0.29) is 0 Å². The van der Waals surface area contributed by atoms with E-state index in [2.05, 4.69) is 6.07 Å². The number of nitriles is 1. The van der Waals surface area contributed by atoms with Crippen LogP contribution in [-0.2, 0) is 0 Å². The minimum atomic E-state index is 0.496.